The summed E-state index contributed by atoms with van der Waals surface area (Å²) in [7, 11) is -1.46. The average molecular weight is 382 g/mol. The molecule has 0 aliphatic carbocycles. The van der Waals surface area contributed by atoms with Gasteiger partial charge in [-0.15, -0.1) is 0 Å². The molecule has 134 valence electrons. The summed E-state index contributed by atoms with van der Waals surface area (Å²) in [6, 6.07) is 21.2. The molecule has 3 rings (SSSR count). The number of para-hydroxylation sites is 1. The van der Waals surface area contributed by atoms with E-state index in [-0.39, 0.29) is 29.7 Å². The van der Waals surface area contributed by atoms with Crippen molar-refractivity contribution < 1.29 is 22.7 Å². The summed E-state index contributed by atoms with van der Waals surface area (Å²) >= 11 is 0. The summed E-state index contributed by atoms with van der Waals surface area (Å²) in [6.45, 7) is 0. The van der Waals surface area contributed by atoms with E-state index in [4.69, 9.17) is 4.74 Å². The minimum absolute atomic E-state index is 0. The first kappa shape index (κ1) is 21.2. The standard InChI is InChI=1S/C20H14F3O2P.Li.H/c21-20(22,23)26-18-12-11-16(25-15-9-5-2-6-10-15)13-17(18)19(24)14-7-3-1-4-8-14;;/h1-13,26H;;. The van der Waals surface area contributed by atoms with Crippen molar-refractivity contribution in [3.63, 3.8) is 0 Å². The van der Waals surface area contributed by atoms with Crippen LogP contribution in [0.4, 0.5) is 13.2 Å². The van der Waals surface area contributed by atoms with E-state index in [0.717, 1.165) is 0 Å². The van der Waals surface area contributed by atoms with Crippen LogP contribution in [0.25, 0.3) is 0 Å². The third-order valence-electron chi connectivity index (χ3n) is 3.53. The average Bonchev–Trinajstić information content (AvgIpc) is 2.63. The van der Waals surface area contributed by atoms with E-state index in [9.17, 15) is 18.0 Å². The topological polar surface area (TPSA) is 26.3 Å². The first-order chi connectivity index (χ1) is 12.4. The minimum atomic E-state index is -4.38. The van der Waals surface area contributed by atoms with Crippen LogP contribution in [-0.4, -0.2) is 30.6 Å². The summed E-state index contributed by atoms with van der Waals surface area (Å²) in [4.78, 5) is 12.7. The Balaban J connectivity index is 0.00000261. The van der Waals surface area contributed by atoms with Crippen LogP contribution in [0.15, 0.2) is 78.9 Å². The van der Waals surface area contributed by atoms with Gasteiger partial charge in [0.1, 0.15) is 11.5 Å². The number of carbonyl (C=O) groups excluding carboxylic acids is 1. The number of hydrogen-bond acceptors (Lipinski definition) is 2. The number of halogens is 3. The van der Waals surface area contributed by atoms with Crippen molar-refractivity contribution in [2.75, 3.05) is 0 Å². The van der Waals surface area contributed by atoms with Gasteiger partial charge in [0.15, 0.2) is 5.78 Å². The maximum atomic E-state index is 12.9. The van der Waals surface area contributed by atoms with Gasteiger partial charge in [-0.05, 0) is 29.6 Å². The van der Waals surface area contributed by atoms with Crippen LogP contribution in [0, 0.1) is 0 Å². The van der Waals surface area contributed by atoms with E-state index >= 15 is 0 Å². The van der Waals surface area contributed by atoms with Crippen molar-refractivity contribution >= 4 is 38.5 Å². The molecule has 3 aromatic carbocycles. The van der Waals surface area contributed by atoms with Crippen LogP contribution >= 0.6 is 8.58 Å². The van der Waals surface area contributed by atoms with Crippen LogP contribution in [0.5, 0.6) is 11.5 Å². The molecular formula is C20H15F3LiO2P. The Labute approximate surface area is 168 Å². The second kappa shape index (κ2) is 9.24. The number of ketones is 1. The Bertz CT molecular complexity index is 900. The molecule has 3 aromatic rings. The van der Waals surface area contributed by atoms with Crippen molar-refractivity contribution in [2.45, 2.75) is 5.92 Å². The number of alkyl halides is 3. The SMILES string of the molecule is O=C(c1ccccc1)c1cc(Oc2ccccc2)ccc1PC(F)(F)F.[LiH]. The van der Waals surface area contributed by atoms with Gasteiger partial charge in [0.05, 0.1) is 0 Å². The number of carbonyl (C=O) groups is 1. The molecule has 0 aromatic heterocycles. The normalized spacial score (nSPS) is 11.2. The van der Waals surface area contributed by atoms with Gasteiger partial charge in [-0.1, -0.05) is 54.6 Å². The zero-order valence-electron chi connectivity index (χ0n) is 13.5. The summed E-state index contributed by atoms with van der Waals surface area (Å²) in [5.41, 5.74) is 0.331. The number of ether oxygens (including phenoxy) is 1. The van der Waals surface area contributed by atoms with Crippen LogP contribution in [0.3, 0.4) is 0 Å². The molecular weight excluding hydrogens is 367 g/mol. The summed E-state index contributed by atoms with van der Waals surface area (Å²) in [5, 5.41) is -0.0493. The Kier molecular flexibility index (Phi) is 7.27. The molecule has 0 saturated heterocycles. The fourth-order valence-electron chi connectivity index (χ4n) is 2.41. The van der Waals surface area contributed by atoms with Gasteiger partial charge in [-0.25, -0.2) is 0 Å². The molecule has 27 heavy (non-hydrogen) atoms. The van der Waals surface area contributed by atoms with Gasteiger partial charge < -0.3 is 4.74 Å². The zero-order chi connectivity index (χ0) is 18.6. The van der Waals surface area contributed by atoms with Crippen LogP contribution in [0.2, 0.25) is 0 Å². The third-order valence-corrected chi connectivity index (χ3v) is 4.52. The first-order valence-electron chi connectivity index (χ1n) is 7.74. The zero-order valence-corrected chi connectivity index (χ0v) is 14.5. The molecule has 0 radical (unpaired) electrons. The Morgan fingerprint density at radius 3 is 2.00 bits per heavy atom. The van der Waals surface area contributed by atoms with Gasteiger partial charge in [0, 0.05) is 19.7 Å². The molecule has 1 atom stereocenters. The van der Waals surface area contributed by atoms with E-state index in [0.29, 0.717) is 17.1 Å². The molecule has 0 amide bonds. The van der Waals surface area contributed by atoms with Crippen molar-refractivity contribution in [2.24, 2.45) is 0 Å². The van der Waals surface area contributed by atoms with E-state index in [1.807, 2.05) is 6.07 Å². The van der Waals surface area contributed by atoms with Gasteiger partial charge in [0.2, 0.25) is 0 Å². The molecule has 2 nitrogen and oxygen atoms in total. The maximum absolute atomic E-state index is 12.9. The molecule has 0 aliphatic rings. The van der Waals surface area contributed by atoms with Gasteiger partial charge in [-0.2, -0.15) is 13.2 Å². The van der Waals surface area contributed by atoms with Crippen molar-refractivity contribution in [3.05, 3.63) is 90.0 Å². The van der Waals surface area contributed by atoms with Gasteiger partial charge in [0.25, 0.3) is 0 Å². The van der Waals surface area contributed by atoms with Crippen molar-refractivity contribution in [1.82, 2.24) is 0 Å². The number of benzene rings is 3. The Morgan fingerprint density at radius 1 is 0.815 bits per heavy atom. The van der Waals surface area contributed by atoms with Crippen molar-refractivity contribution in [1.29, 1.82) is 0 Å². The van der Waals surface area contributed by atoms with E-state index in [2.05, 4.69) is 0 Å². The predicted octanol–water partition coefficient (Wildman–Crippen LogP) is 4.89. The van der Waals surface area contributed by atoms with Crippen molar-refractivity contribution in [3.8, 4) is 11.5 Å². The molecule has 1 unspecified atom stereocenters. The second-order valence-electron chi connectivity index (χ2n) is 5.44. The fourth-order valence-corrected chi connectivity index (χ4v) is 3.20. The first-order valence-corrected chi connectivity index (χ1v) is 8.74. The van der Waals surface area contributed by atoms with E-state index < -0.39 is 20.3 Å². The molecule has 0 spiro atoms. The monoisotopic (exact) mass is 382 g/mol. The van der Waals surface area contributed by atoms with Crippen LogP contribution < -0.4 is 10.0 Å². The second-order valence-corrected chi connectivity index (χ2v) is 6.80. The molecule has 0 fully saturated rings. The fraction of sp³-hybridized carbons (Fsp3) is 0.0500. The number of hydrogen-bond donors (Lipinski definition) is 0. The van der Waals surface area contributed by atoms with E-state index in [1.54, 1.807) is 54.6 Å². The molecule has 0 bridgehead atoms. The van der Waals surface area contributed by atoms with Crippen LogP contribution in [-0.2, 0) is 0 Å². The third kappa shape index (κ3) is 5.97. The summed E-state index contributed by atoms with van der Waals surface area (Å²) in [5.74, 6) is -3.99. The number of rotatable bonds is 5. The molecule has 0 heterocycles. The molecule has 0 aliphatic heterocycles. The van der Waals surface area contributed by atoms with E-state index in [1.165, 1.54) is 18.2 Å². The molecule has 0 saturated carbocycles. The van der Waals surface area contributed by atoms with Crippen LogP contribution in [0.1, 0.15) is 15.9 Å². The summed E-state index contributed by atoms with van der Waals surface area (Å²) < 4.78 is 44.4. The predicted molar refractivity (Wildman–Crippen MR) is 104 cm³/mol. The molecule has 7 heteroatoms. The molecule has 0 N–H and O–H groups in total. The quantitative estimate of drug-likeness (QED) is 0.357. The Morgan fingerprint density at radius 2 is 1.41 bits per heavy atom. The Hall–Kier alpha value is -2.05. The van der Waals surface area contributed by atoms with Gasteiger partial charge in [-0.3, -0.25) is 4.79 Å². The van der Waals surface area contributed by atoms with Gasteiger partial charge >= 0.3 is 24.8 Å². The summed E-state index contributed by atoms with van der Waals surface area (Å²) in [6.07, 6.45) is 0.